The van der Waals surface area contributed by atoms with Crippen LogP contribution in [0.15, 0.2) is 48.8 Å². The van der Waals surface area contributed by atoms with E-state index in [9.17, 15) is 10.1 Å². The number of hydrogen-bond donors (Lipinski definition) is 0. The Morgan fingerprint density at radius 3 is 2.80 bits per heavy atom. The Morgan fingerprint density at radius 1 is 1.25 bits per heavy atom. The number of nitro benzene ring substituents is 1. The first-order valence-corrected chi connectivity index (χ1v) is 5.81. The molecule has 20 heavy (non-hydrogen) atoms. The lowest BCUT2D eigenvalue weighted by Crippen LogP contribution is -1.97. The van der Waals surface area contributed by atoms with Gasteiger partial charge in [-0.15, -0.1) is 0 Å². The van der Waals surface area contributed by atoms with E-state index in [1.807, 2.05) is 30.3 Å². The Kier molecular flexibility index (Phi) is 2.66. The lowest BCUT2D eigenvalue weighted by atomic mass is 10.1. The molecular weight excluding hydrogens is 256 g/mol. The van der Waals surface area contributed by atoms with E-state index in [1.54, 1.807) is 17.0 Å². The molecule has 0 saturated heterocycles. The highest BCUT2D eigenvalue weighted by molar-refractivity contribution is 5.77. The van der Waals surface area contributed by atoms with Crippen LogP contribution < -0.4 is 0 Å². The second-order valence-electron chi connectivity index (χ2n) is 4.17. The van der Waals surface area contributed by atoms with Crippen LogP contribution in [0.1, 0.15) is 5.56 Å². The highest BCUT2D eigenvalue weighted by Gasteiger charge is 2.15. The van der Waals surface area contributed by atoms with Gasteiger partial charge in [0.15, 0.2) is 0 Å². The van der Waals surface area contributed by atoms with Gasteiger partial charge >= 0.3 is 0 Å². The van der Waals surface area contributed by atoms with Crippen LogP contribution in [-0.2, 0) is 0 Å². The van der Waals surface area contributed by atoms with Crippen LogP contribution in [0.4, 0.5) is 5.69 Å². The van der Waals surface area contributed by atoms with Crippen molar-refractivity contribution in [3.05, 3.63) is 64.5 Å². The summed E-state index contributed by atoms with van der Waals surface area (Å²) >= 11 is 0. The zero-order chi connectivity index (χ0) is 14.1. The molecule has 0 atom stereocenters. The molecule has 0 aliphatic rings. The standard InChI is InChI=1S/C14H8N4O2/c15-8-10-5-6-11(7-14(10)18(19)20)17-9-16-12-3-1-2-4-13(12)17/h1-7,9H. The van der Waals surface area contributed by atoms with Gasteiger partial charge in [-0.2, -0.15) is 5.26 Å². The smallest absolute Gasteiger partial charge is 0.289 e. The second kappa shape index (κ2) is 4.48. The highest BCUT2D eigenvalue weighted by atomic mass is 16.6. The molecule has 0 N–H and O–H groups in total. The lowest BCUT2D eigenvalue weighted by Gasteiger charge is -2.04. The summed E-state index contributed by atoms with van der Waals surface area (Å²) in [7, 11) is 0. The van der Waals surface area contributed by atoms with E-state index in [0.29, 0.717) is 5.69 Å². The minimum Gasteiger partial charge on any atom is -0.299 e. The van der Waals surface area contributed by atoms with E-state index < -0.39 is 4.92 Å². The Balaban J connectivity index is 2.23. The van der Waals surface area contributed by atoms with Crippen molar-refractivity contribution in [2.24, 2.45) is 0 Å². The minimum absolute atomic E-state index is 0.0446. The van der Waals surface area contributed by atoms with Crippen LogP contribution >= 0.6 is 0 Å². The first kappa shape index (κ1) is 11.9. The molecule has 0 saturated carbocycles. The molecule has 3 rings (SSSR count). The molecule has 0 spiro atoms. The van der Waals surface area contributed by atoms with Gasteiger partial charge in [-0.05, 0) is 24.3 Å². The van der Waals surface area contributed by atoms with E-state index in [0.717, 1.165) is 11.0 Å². The van der Waals surface area contributed by atoms with Crippen molar-refractivity contribution in [1.29, 1.82) is 5.26 Å². The van der Waals surface area contributed by atoms with Crippen LogP contribution in [0.25, 0.3) is 16.7 Å². The van der Waals surface area contributed by atoms with Gasteiger partial charge in [0, 0.05) is 6.07 Å². The number of nitrogens with zero attached hydrogens (tertiary/aromatic N) is 4. The van der Waals surface area contributed by atoms with Gasteiger partial charge in [-0.3, -0.25) is 14.7 Å². The molecule has 6 nitrogen and oxygen atoms in total. The van der Waals surface area contributed by atoms with Crippen molar-refractivity contribution in [2.75, 3.05) is 0 Å². The van der Waals surface area contributed by atoms with Gasteiger partial charge in [0.2, 0.25) is 0 Å². The lowest BCUT2D eigenvalue weighted by molar-refractivity contribution is -0.385. The van der Waals surface area contributed by atoms with Gasteiger partial charge in [-0.25, -0.2) is 4.98 Å². The fourth-order valence-electron chi connectivity index (χ4n) is 2.08. The number of rotatable bonds is 2. The molecule has 96 valence electrons. The fourth-order valence-corrected chi connectivity index (χ4v) is 2.08. The Bertz CT molecular complexity index is 861. The van der Waals surface area contributed by atoms with Crippen molar-refractivity contribution in [3.63, 3.8) is 0 Å². The fraction of sp³-hybridized carbons (Fsp3) is 0. The third-order valence-corrected chi connectivity index (χ3v) is 3.03. The normalized spacial score (nSPS) is 10.3. The molecule has 0 amide bonds. The number of imidazole rings is 1. The number of nitro groups is 1. The number of para-hydroxylation sites is 2. The molecule has 2 aromatic carbocycles. The summed E-state index contributed by atoms with van der Waals surface area (Å²) in [5.41, 5.74) is 2.10. The van der Waals surface area contributed by atoms with Gasteiger partial charge in [0.05, 0.1) is 21.6 Å². The summed E-state index contributed by atoms with van der Waals surface area (Å²) in [6.07, 6.45) is 1.61. The van der Waals surface area contributed by atoms with E-state index in [4.69, 9.17) is 5.26 Å². The average molecular weight is 264 g/mol. The van der Waals surface area contributed by atoms with Crippen LogP contribution in [0, 0.1) is 21.4 Å². The predicted molar refractivity (Wildman–Crippen MR) is 72.4 cm³/mol. The molecular formula is C14H8N4O2. The summed E-state index contributed by atoms with van der Waals surface area (Å²) in [5, 5.41) is 19.9. The van der Waals surface area contributed by atoms with E-state index in [1.165, 1.54) is 12.1 Å². The first-order chi connectivity index (χ1) is 9.70. The first-order valence-electron chi connectivity index (χ1n) is 5.81. The molecule has 0 aliphatic carbocycles. The van der Waals surface area contributed by atoms with Crippen LogP contribution in [0.5, 0.6) is 0 Å². The van der Waals surface area contributed by atoms with E-state index in [2.05, 4.69) is 4.98 Å². The SMILES string of the molecule is N#Cc1ccc(-n2cnc3ccccc32)cc1[N+](=O)[O-]. The topological polar surface area (TPSA) is 84.8 Å². The van der Waals surface area contributed by atoms with Crippen LogP contribution in [-0.4, -0.2) is 14.5 Å². The van der Waals surface area contributed by atoms with Gasteiger partial charge in [0.1, 0.15) is 18.0 Å². The van der Waals surface area contributed by atoms with Crippen molar-refractivity contribution in [2.45, 2.75) is 0 Å². The maximum Gasteiger partial charge on any atom is 0.289 e. The number of fused-ring (bicyclic) bond motifs is 1. The third-order valence-electron chi connectivity index (χ3n) is 3.03. The summed E-state index contributed by atoms with van der Waals surface area (Å²) in [4.78, 5) is 14.7. The number of aromatic nitrogens is 2. The largest absolute Gasteiger partial charge is 0.299 e. The summed E-state index contributed by atoms with van der Waals surface area (Å²) in [6.45, 7) is 0. The Labute approximate surface area is 113 Å². The second-order valence-corrected chi connectivity index (χ2v) is 4.17. The molecule has 0 radical (unpaired) electrons. The van der Waals surface area contributed by atoms with Crippen molar-refractivity contribution in [3.8, 4) is 11.8 Å². The van der Waals surface area contributed by atoms with Gasteiger partial charge < -0.3 is 0 Å². The monoisotopic (exact) mass is 264 g/mol. The van der Waals surface area contributed by atoms with Crippen LogP contribution in [0.3, 0.4) is 0 Å². The zero-order valence-corrected chi connectivity index (χ0v) is 10.2. The zero-order valence-electron chi connectivity index (χ0n) is 10.2. The highest BCUT2D eigenvalue weighted by Crippen LogP contribution is 2.24. The van der Waals surface area contributed by atoms with Gasteiger partial charge in [0.25, 0.3) is 5.69 Å². The Hall–Kier alpha value is -3.20. The van der Waals surface area contributed by atoms with E-state index in [-0.39, 0.29) is 11.3 Å². The minimum atomic E-state index is -0.554. The molecule has 0 unspecified atom stereocenters. The molecule has 0 fully saturated rings. The predicted octanol–water partition coefficient (Wildman–Crippen LogP) is 2.81. The number of nitriles is 1. The molecule has 3 aromatic rings. The van der Waals surface area contributed by atoms with Crippen molar-refractivity contribution in [1.82, 2.24) is 9.55 Å². The average Bonchev–Trinajstić information content (AvgIpc) is 2.90. The molecule has 1 aromatic heterocycles. The molecule has 6 heteroatoms. The number of hydrogen-bond acceptors (Lipinski definition) is 4. The number of benzene rings is 2. The maximum absolute atomic E-state index is 11.0. The molecule has 1 heterocycles. The van der Waals surface area contributed by atoms with Crippen molar-refractivity contribution >= 4 is 16.7 Å². The van der Waals surface area contributed by atoms with Crippen LogP contribution in [0.2, 0.25) is 0 Å². The van der Waals surface area contributed by atoms with Gasteiger partial charge in [-0.1, -0.05) is 12.1 Å². The van der Waals surface area contributed by atoms with Crippen molar-refractivity contribution < 1.29 is 4.92 Å². The summed E-state index contributed by atoms with van der Waals surface area (Å²) < 4.78 is 1.75. The molecule has 0 bridgehead atoms. The quantitative estimate of drug-likeness (QED) is 0.526. The molecule has 0 aliphatic heterocycles. The summed E-state index contributed by atoms with van der Waals surface area (Å²) in [6, 6.07) is 13.8. The maximum atomic E-state index is 11.0. The van der Waals surface area contributed by atoms with E-state index >= 15 is 0 Å². The summed E-state index contributed by atoms with van der Waals surface area (Å²) in [5.74, 6) is 0. The third kappa shape index (κ3) is 1.78. The Morgan fingerprint density at radius 2 is 2.05 bits per heavy atom.